The van der Waals surface area contributed by atoms with E-state index in [-0.39, 0.29) is 17.6 Å². The summed E-state index contributed by atoms with van der Waals surface area (Å²) in [4.78, 5) is 32.5. The summed E-state index contributed by atoms with van der Waals surface area (Å²) < 4.78 is 7.26. The van der Waals surface area contributed by atoms with Gasteiger partial charge in [-0.1, -0.05) is 6.07 Å². The molecule has 2 fully saturated rings. The molecule has 2 N–H and O–H groups in total. The Kier molecular flexibility index (Phi) is 4.47. The SMILES string of the molecule is Cc1ccc(C(=O)NC2CC2)cc1-c1cnc2c(c1)[nH]c(=O)n2C1CCCOC1. The van der Waals surface area contributed by atoms with Crippen LogP contribution < -0.4 is 11.0 Å². The molecule has 0 spiro atoms. The second-order valence-electron chi connectivity index (χ2n) is 8.04. The molecular weight excluding hydrogens is 368 g/mol. The normalized spacial score (nSPS) is 19.4. The highest BCUT2D eigenvalue weighted by Crippen LogP contribution is 2.28. The van der Waals surface area contributed by atoms with E-state index in [1.807, 2.05) is 31.2 Å². The van der Waals surface area contributed by atoms with Gasteiger partial charge in [-0.15, -0.1) is 0 Å². The number of pyridine rings is 1. The Balaban J connectivity index is 1.52. The van der Waals surface area contributed by atoms with Crippen LogP contribution in [-0.2, 0) is 4.74 Å². The second kappa shape index (κ2) is 7.15. The number of benzene rings is 1. The van der Waals surface area contributed by atoms with Crippen molar-refractivity contribution in [3.05, 3.63) is 52.1 Å². The number of nitrogens with one attached hydrogen (secondary N) is 2. The molecule has 1 unspecified atom stereocenters. The molecule has 29 heavy (non-hydrogen) atoms. The summed E-state index contributed by atoms with van der Waals surface area (Å²) in [6.07, 6.45) is 5.74. The number of hydrogen-bond donors (Lipinski definition) is 2. The van der Waals surface area contributed by atoms with Crippen LogP contribution in [0.2, 0.25) is 0 Å². The van der Waals surface area contributed by atoms with Gasteiger partial charge in [-0.25, -0.2) is 9.78 Å². The Morgan fingerprint density at radius 2 is 2.14 bits per heavy atom. The summed E-state index contributed by atoms with van der Waals surface area (Å²) in [6, 6.07) is 7.98. The molecular formula is C22H24N4O3. The van der Waals surface area contributed by atoms with Crippen LogP contribution >= 0.6 is 0 Å². The highest BCUT2D eigenvalue weighted by Gasteiger charge is 2.24. The number of H-pyrrole nitrogens is 1. The Hall–Kier alpha value is -2.93. The predicted molar refractivity (Wildman–Crippen MR) is 110 cm³/mol. The molecule has 1 aliphatic carbocycles. The minimum absolute atomic E-state index is 0.0135. The zero-order valence-corrected chi connectivity index (χ0v) is 16.4. The monoisotopic (exact) mass is 392 g/mol. The molecule has 2 aromatic heterocycles. The van der Waals surface area contributed by atoms with Crippen LogP contribution in [0.25, 0.3) is 22.3 Å². The number of imidazole rings is 1. The Morgan fingerprint density at radius 3 is 2.90 bits per heavy atom. The van der Waals surface area contributed by atoms with Gasteiger partial charge in [0.15, 0.2) is 5.65 Å². The molecule has 1 saturated carbocycles. The van der Waals surface area contributed by atoms with Crippen molar-refractivity contribution in [2.75, 3.05) is 13.2 Å². The molecule has 150 valence electrons. The molecule has 1 amide bonds. The second-order valence-corrected chi connectivity index (χ2v) is 8.04. The minimum Gasteiger partial charge on any atom is -0.379 e. The number of aryl methyl sites for hydroxylation is 1. The number of nitrogens with zero attached hydrogens (tertiary/aromatic N) is 2. The molecule has 5 rings (SSSR count). The van der Waals surface area contributed by atoms with Crippen molar-refractivity contribution in [2.45, 2.75) is 44.7 Å². The average Bonchev–Trinajstić information content (AvgIpc) is 3.48. The van der Waals surface area contributed by atoms with E-state index in [0.717, 1.165) is 49.0 Å². The van der Waals surface area contributed by atoms with E-state index in [9.17, 15) is 9.59 Å². The highest BCUT2D eigenvalue weighted by molar-refractivity contribution is 5.96. The lowest BCUT2D eigenvalue weighted by molar-refractivity contribution is 0.0593. The number of carbonyl (C=O) groups excluding carboxylic acids is 1. The fourth-order valence-electron chi connectivity index (χ4n) is 4.00. The van der Waals surface area contributed by atoms with Gasteiger partial charge in [-0.05, 0) is 61.9 Å². The van der Waals surface area contributed by atoms with Gasteiger partial charge in [0.05, 0.1) is 18.2 Å². The van der Waals surface area contributed by atoms with Crippen LogP contribution in [0.15, 0.2) is 35.3 Å². The van der Waals surface area contributed by atoms with Crippen LogP contribution in [0.3, 0.4) is 0 Å². The summed E-state index contributed by atoms with van der Waals surface area (Å²) in [5.74, 6) is -0.0420. The smallest absolute Gasteiger partial charge is 0.328 e. The quantitative estimate of drug-likeness (QED) is 0.714. The van der Waals surface area contributed by atoms with Crippen LogP contribution in [0.1, 0.15) is 47.6 Å². The van der Waals surface area contributed by atoms with Gasteiger partial charge >= 0.3 is 5.69 Å². The minimum atomic E-state index is -0.158. The van der Waals surface area contributed by atoms with Crippen LogP contribution in [0, 0.1) is 6.92 Å². The fourth-order valence-corrected chi connectivity index (χ4v) is 4.00. The maximum atomic E-state index is 12.6. The van der Waals surface area contributed by atoms with Crippen molar-refractivity contribution in [3.63, 3.8) is 0 Å². The third kappa shape index (κ3) is 3.46. The molecule has 2 aliphatic rings. The van der Waals surface area contributed by atoms with Gasteiger partial charge < -0.3 is 15.0 Å². The predicted octanol–water partition coefficient (Wildman–Crippen LogP) is 2.94. The van der Waals surface area contributed by atoms with Crippen LogP contribution in [0.5, 0.6) is 0 Å². The van der Waals surface area contributed by atoms with Gasteiger partial charge in [0.1, 0.15) is 0 Å². The lowest BCUT2D eigenvalue weighted by Crippen LogP contribution is -2.28. The number of fused-ring (bicyclic) bond motifs is 1. The lowest BCUT2D eigenvalue weighted by Gasteiger charge is -2.22. The Bertz CT molecular complexity index is 1140. The van der Waals surface area contributed by atoms with Gasteiger partial charge in [-0.2, -0.15) is 0 Å². The van der Waals surface area contributed by atoms with E-state index in [2.05, 4.69) is 15.3 Å². The maximum absolute atomic E-state index is 12.6. The van der Waals surface area contributed by atoms with E-state index in [0.29, 0.717) is 29.4 Å². The van der Waals surface area contributed by atoms with Crippen molar-refractivity contribution >= 4 is 17.1 Å². The van der Waals surface area contributed by atoms with Crippen molar-refractivity contribution in [1.29, 1.82) is 0 Å². The number of hydrogen-bond acceptors (Lipinski definition) is 4. The van der Waals surface area contributed by atoms with E-state index in [1.165, 1.54) is 0 Å². The van der Waals surface area contributed by atoms with Crippen molar-refractivity contribution in [1.82, 2.24) is 19.9 Å². The van der Waals surface area contributed by atoms with Gasteiger partial charge in [0, 0.05) is 30.0 Å². The topological polar surface area (TPSA) is 89.0 Å². The number of carbonyl (C=O) groups is 1. The zero-order valence-electron chi connectivity index (χ0n) is 16.4. The molecule has 1 aromatic carbocycles. The first-order chi connectivity index (χ1) is 14.1. The van der Waals surface area contributed by atoms with E-state index >= 15 is 0 Å². The number of amides is 1. The maximum Gasteiger partial charge on any atom is 0.328 e. The third-order valence-electron chi connectivity index (χ3n) is 5.78. The van der Waals surface area contributed by atoms with Crippen LogP contribution in [-0.4, -0.2) is 39.7 Å². The Morgan fingerprint density at radius 1 is 1.28 bits per heavy atom. The van der Waals surface area contributed by atoms with Gasteiger partial charge in [0.2, 0.25) is 0 Å². The largest absolute Gasteiger partial charge is 0.379 e. The Labute approximate surface area is 168 Å². The van der Waals surface area contributed by atoms with Crippen molar-refractivity contribution < 1.29 is 9.53 Å². The van der Waals surface area contributed by atoms with Crippen LogP contribution in [0.4, 0.5) is 0 Å². The molecule has 7 heteroatoms. The molecule has 1 saturated heterocycles. The summed E-state index contributed by atoms with van der Waals surface area (Å²) >= 11 is 0. The zero-order chi connectivity index (χ0) is 20.0. The molecule has 0 bridgehead atoms. The first-order valence-electron chi connectivity index (χ1n) is 10.2. The number of ether oxygens (including phenoxy) is 1. The van der Waals surface area contributed by atoms with E-state index < -0.39 is 0 Å². The summed E-state index contributed by atoms with van der Waals surface area (Å²) in [6.45, 7) is 3.29. The molecule has 1 aliphatic heterocycles. The summed E-state index contributed by atoms with van der Waals surface area (Å²) in [7, 11) is 0. The van der Waals surface area contributed by atoms with Crippen molar-refractivity contribution in [3.8, 4) is 11.1 Å². The summed E-state index contributed by atoms with van der Waals surface area (Å²) in [5.41, 5.74) is 4.70. The number of aromatic nitrogens is 3. The highest BCUT2D eigenvalue weighted by atomic mass is 16.5. The molecule has 1 atom stereocenters. The molecule has 0 radical (unpaired) electrons. The first kappa shape index (κ1) is 18.1. The van der Waals surface area contributed by atoms with Gasteiger partial charge in [0.25, 0.3) is 5.91 Å². The molecule has 3 aromatic rings. The first-order valence-corrected chi connectivity index (χ1v) is 10.2. The fraction of sp³-hybridized carbons (Fsp3) is 0.409. The number of aromatic amines is 1. The standard InChI is InChI=1S/C22H24N4O3/c1-13-4-5-14(21(27)24-16-6-7-16)9-18(13)15-10-19-20(23-11-15)26(22(28)25-19)17-3-2-8-29-12-17/h4-5,9-11,16-17H,2-3,6-8,12H2,1H3,(H,24,27)(H,25,28). The van der Waals surface area contributed by atoms with E-state index in [4.69, 9.17) is 4.74 Å². The summed E-state index contributed by atoms with van der Waals surface area (Å²) in [5, 5.41) is 3.03. The van der Waals surface area contributed by atoms with E-state index in [1.54, 1.807) is 10.8 Å². The average molecular weight is 392 g/mol. The van der Waals surface area contributed by atoms with Gasteiger partial charge in [-0.3, -0.25) is 9.36 Å². The lowest BCUT2D eigenvalue weighted by atomic mass is 9.99. The number of rotatable bonds is 4. The molecule has 7 nitrogen and oxygen atoms in total. The van der Waals surface area contributed by atoms with Crippen molar-refractivity contribution in [2.24, 2.45) is 0 Å². The third-order valence-corrected chi connectivity index (χ3v) is 5.78. The molecule has 3 heterocycles.